The molecule has 0 aromatic heterocycles. The molecule has 1 aromatic carbocycles. The molecule has 1 amide bonds. The van der Waals surface area contributed by atoms with Crippen molar-refractivity contribution in [3.05, 3.63) is 23.8 Å². The molecule has 5 heteroatoms. The van der Waals surface area contributed by atoms with Crippen molar-refractivity contribution in [2.24, 2.45) is 0 Å². The first-order chi connectivity index (χ1) is 6.66. The fraction of sp³-hybridized carbons (Fsp3) is 0.111. The Morgan fingerprint density at radius 2 is 2.14 bits per heavy atom. The summed E-state index contributed by atoms with van der Waals surface area (Å²) in [6.45, 7) is 0.206. The Morgan fingerprint density at radius 3 is 2.86 bits per heavy atom. The first-order valence-corrected chi connectivity index (χ1v) is 4.06. The topological polar surface area (TPSA) is 81.3 Å². The van der Waals surface area contributed by atoms with Gasteiger partial charge in [0.1, 0.15) is 0 Å². The number of carbonyl (C=O) groups excluding carboxylic acids is 2. The van der Waals surface area contributed by atoms with E-state index in [0.717, 1.165) is 5.69 Å². The number of aromatic carboxylic acids is 1. The van der Waals surface area contributed by atoms with Gasteiger partial charge < -0.3 is 20.5 Å². The van der Waals surface area contributed by atoms with Gasteiger partial charge in [0, 0.05) is 0 Å². The number of anilines is 2. The average Bonchev–Trinajstić information content (AvgIpc) is 2.16. The van der Waals surface area contributed by atoms with Gasteiger partial charge in [-0.25, -0.2) is 0 Å². The van der Waals surface area contributed by atoms with E-state index in [1.807, 2.05) is 0 Å². The van der Waals surface area contributed by atoms with Gasteiger partial charge in [0.05, 0.1) is 23.9 Å². The second kappa shape index (κ2) is 3.02. The van der Waals surface area contributed by atoms with Crippen molar-refractivity contribution >= 4 is 23.3 Å². The lowest BCUT2D eigenvalue weighted by atomic mass is 10.1. The van der Waals surface area contributed by atoms with Crippen LogP contribution in [0, 0.1) is 0 Å². The van der Waals surface area contributed by atoms with Crippen molar-refractivity contribution in [2.75, 3.05) is 17.2 Å². The van der Waals surface area contributed by atoms with Gasteiger partial charge in [0.25, 0.3) is 0 Å². The predicted molar refractivity (Wildman–Crippen MR) is 47.9 cm³/mol. The highest BCUT2D eigenvalue weighted by atomic mass is 16.4. The Kier molecular flexibility index (Phi) is 1.85. The Bertz CT molecular complexity index is 415. The molecule has 0 bridgehead atoms. The van der Waals surface area contributed by atoms with Crippen LogP contribution in [0.25, 0.3) is 0 Å². The molecule has 1 heterocycles. The summed E-state index contributed by atoms with van der Waals surface area (Å²) in [7, 11) is 0. The van der Waals surface area contributed by atoms with Crippen molar-refractivity contribution in [3.8, 4) is 0 Å². The predicted octanol–water partition coefficient (Wildman–Crippen LogP) is -0.586. The molecule has 1 aliphatic heterocycles. The molecule has 2 rings (SSSR count). The number of carbonyl (C=O) groups is 2. The largest absolute Gasteiger partial charge is 0.545 e. The molecule has 72 valence electrons. The Balaban J connectivity index is 2.42. The minimum atomic E-state index is -1.26. The van der Waals surface area contributed by atoms with Gasteiger partial charge in [0.2, 0.25) is 5.91 Å². The molecule has 0 unspecified atom stereocenters. The van der Waals surface area contributed by atoms with Crippen molar-refractivity contribution in [1.29, 1.82) is 0 Å². The maximum Gasteiger partial charge on any atom is 0.243 e. The maximum atomic E-state index is 11.0. The second-order valence-corrected chi connectivity index (χ2v) is 2.95. The third kappa shape index (κ3) is 1.39. The summed E-state index contributed by atoms with van der Waals surface area (Å²) in [5, 5.41) is 15.9. The van der Waals surface area contributed by atoms with E-state index in [1.54, 1.807) is 6.07 Å². The molecule has 0 fully saturated rings. The van der Waals surface area contributed by atoms with Gasteiger partial charge in [-0.1, -0.05) is 6.07 Å². The first kappa shape index (κ1) is 8.55. The minimum absolute atomic E-state index is 0.0488. The number of amides is 1. The Hall–Kier alpha value is -2.04. The summed E-state index contributed by atoms with van der Waals surface area (Å²) >= 11 is 0. The molecular weight excluding hydrogens is 184 g/mol. The van der Waals surface area contributed by atoms with Crippen LogP contribution in [0.3, 0.4) is 0 Å². The minimum Gasteiger partial charge on any atom is -0.545 e. The maximum absolute atomic E-state index is 11.0. The lowest BCUT2D eigenvalue weighted by Gasteiger charge is -2.19. The van der Waals surface area contributed by atoms with Crippen LogP contribution in [0.15, 0.2) is 18.2 Å². The first-order valence-electron chi connectivity index (χ1n) is 4.06. The monoisotopic (exact) mass is 191 g/mol. The van der Waals surface area contributed by atoms with E-state index in [4.69, 9.17) is 0 Å². The lowest BCUT2D eigenvalue weighted by Crippen LogP contribution is -2.28. The fourth-order valence-electron chi connectivity index (χ4n) is 1.30. The van der Waals surface area contributed by atoms with E-state index in [1.165, 1.54) is 12.1 Å². The van der Waals surface area contributed by atoms with Gasteiger partial charge in [-0.05, 0) is 17.7 Å². The van der Waals surface area contributed by atoms with Crippen molar-refractivity contribution in [2.45, 2.75) is 0 Å². The van der Waals surface area contributed by atoms with E-state index in [0.29, 0.717) is 5.69 Å². The van der Waals surface area contributed by atoms with Crippen LogP contribution in [0.5, 0.6) is 0 Å². The number of rotatable bonds is 1. The zero-order chi connectivity index (χ0) is 10.1. The third-order valence-corrected chi connectivity index (χ3v) is 1.97. The summed E-state index contributed by atoms with van der Waals surface area (Å²) in [6, 6.07) is 4.40. The molecule has 0 aliphatic carbocycles. The summed E-state index contributed by atoms with van der Waals surface area (Å²) in [5.41, 5.74) is 1.24. The van der Waals surface area contributed by atoms with E-state index >= 15 is 0 Å². The fourth-order valence-corrected chi connectivity index (χ4v) is 1.30. The van der Waals surface area contributed by atoms with E-state index in [2.05, 4.69) is 10.6 Å². The number of benzene rings is 1. The number of hydrogen-bond acceptors (Lipinski definition) is 4. The number of fused-ring (bicyclic) bond motifs is 1. The van der Waals surface area contributed by atoms with Gasteiger partial charge in [-0.15, -0.1) is 0 Å². The van der Waals surface area contributed by atoms with Crippen LogP contribution >= 0.6 is 0 Å². The molecule has 0 saturated carbocycles. The molecular formula is C9H7N2O3-. The van der Waals surface area contributed by atoms with E-state index < -0.39 is 5.97 Å². The van der Waals surface area contributed by atoms with Crippen molar-refractivity contribution in [1.82, 2.24) is 0 Å². The van der Waals surface area contributed by atoms with Gasteiger partial charge >= 0.3 is 0 Å². The van der Waals surface area contributed by atoms with Crippen LogP contribution in [-0.2, 0) is 4.79 Å². The van der Waals surface area contributed by atoms with Gasteiger partial charge in [-0.2, -0.15) is 0 Å². The number of hydrogen-bond donors (Lipinski definition) is 2. The van der Waals surface area contributed by atoms with Crippen LogP contribution in [0.4, 0.5) is 11.4 Å². The molecule has 0 radical (unpaired) electrons. The highest BCUT2D eigenvalue weighted by Gasteiger charge is 2.13. The molecule has 0 atom stereocenters. The summed E-state index contributed by atoms with van der Waals surface area (Å²) in [4.78, 5) is 21.5. The lowest BCUT2D eigenvalue weighted by molar-refractivity contribution is -0.255. The van der Waals surface area contributed by atoms with E-state index in [-0.39, 0.29) is 18.0 Å². The van der Waals surface area contributed by atoms with Crippen molar-refractivity contribution < 1.29 is 14.7 Å². The van der Waals surface area contributed by atoms with Gasteiger partial charge in [0.15, 0.2) is 0 Å². The molecule has 14 heavy (non-hydrogen) atoms. The number of nitrogens with one attached hydrogen (secondary N) is 2. The molecule has 0 spiro atoms. The third-order valence-electron chi connectivity index (χ3n) is 1.97. The van der Waals surface area contributed by atoms with Crippen molar-refractivity contribution in [3.63, 3.8) is 0 Å². The summed E-state index contributed by atoms with van der Waals surface area (Å²) in [5.74, 6) is -1.44. The smallest absolute Gasteiger partial charge is 0.243 e. The molecule has 1 aliphatic rings. The zero-order valence-corrected chi connectivity index (χ0v) is 7.16. The summed E-state index contributed by atoms with van der Waals surface area (Å²) < 4.78 is 0. The average molecular weight is 191 g/mol. The van der Waals surface area contributed by atoms with Crippen LogP contribution < -0.4 is 15.7 Å². The van der Waals surface area contributed by atoms with Crippen LogP contribution in [-0.4, -0.2) is 18.4 Å². The standard InChI is InChI=1S/C9H8N2O3/c12-8-4-10-6-2-1-5(9(13)14)3-7(6)11-8/h1-3,10H,4H2,(H,11,12)(H,13,14)/p-1. The highest BCUT2D eigenvalue weighted by Crippen LogP contribution is 2.25. The number of carboxylic acid groups (broad SMARTS) is 1. The zero-order valence-electron chi connectivity index (χ0n) is 7.16. The quantitative estimate of drug-likeness (QED) is 0.622. The Morgan fingerprint density at radius 1 is 1.36 bits per heavy atom. The molecule has 0 saturated heterocycles. The highest BCUT2D eigenvalue weighted by molar-refractivity contribution is 6.02. The van der Waals surface area contributed by atoms with Crippen LogP contribution in [0.1, 0.15) is 10.4 Å². The normalized spacial score (nSPS) is 13.9. The van der Waals surface area contributed by atoms with Gasteiger partial charge in [-0.3, -0.25) is 4.79 Å². The SMILES string of the molecule is O=C1CNc2ccc(C(=O)[O-])cc2N1. The second-order valence-electron chi connectivity index (χ2n) is 2.95. The molecule has 1 aromatic rings. The molecule has 5 nitrogen and oxygen atoms in total. The van der Waals surface area contributed by atoms with Crippen LogP contribution in [0.2, 0.25) is 0 Å². The summed E-state index contributed by atoms with van der Waals surface area (Å²) in [6.07, 6.45) is 0. The van der Waals surface area contributed by atoms with E-state index in [9.17, 15) is 14.7 Å². The molecule has 2 N–H and O–H groups in total. The Labute approximate surface area is 79.7 Å². The number of carboxylic acids is 1.